The van der Waals surface area contributed by atoms with Crippen LogP contribution >= 0.6 is 0 Å². The van der Waals surface area contributed by atoms with Crippen LogP contribution in [0, 0.1) is 5.92 Å². The van der Waals surface area contributed by atoms with E-state index in [-0.39, 0.29) is 19.1 Å². The number of hydrogen-bond donors (Lipinski definition) is 0. The molecule has 0 bridgehead atoms. The minimum atomic E-state index is -0.689. The molecular weight excluding hydrogens is 817 g/mol. The fourth-order valence-electron chi connectivity index (χ4n) is 8.37. The molecule has 0 spiro atoms. The van der Waals surface area contributed by atoms with Gasteiger partial charge in [-0.15, -0.1) is 0 Å². The Bertz CT molecular complexity index is 2250. The van der Waals surface area contributed by atoms with Crippen molar-refractivity contribution in [1.82, 2.24) is 0 Å². The van der Waals surface area contributed by atoms with Crippen LogP contribution in [0.4, 0.5) is 0 Å². The van der Waals surface area contributed by atoms with Gasteiger partial charge in [0, 0.05) is 19.4 Å². The van der Waals surface area contributed by atoms with Crippen LogP contribution in [0.3, 0.4) is 0 Å². The number of methoxy groups -OCH3 is 1. The molecule has 0 saturated carbocycles. The van der Waals surface area contributed by atoms with Gasteiger partial charge in [0.2, 0.25) is 0 Å². The van der Waals surface area contributed by atoms with E-state index < -0.39 is 42.9 Å². The average molecular weight is 877 g/mol. The van der Waals surface area contributed by atoms with Gasteiger partial charge in [-0.3, -0.25) is 0 Å². The standard InChI is InChI=1S/C56H60O9/c1-57-56-49(53(61-37-45-26-14-5-15-27-45)55(63-39-47-30-18-7-19-31-47)52(65-56)41-59-35-43-22-10-3-11-23-43)32-48-33-50(60-36-44-24-12-4-13-25-44)54(62-38-46-28-16-6-17-29-46)51(64-48)40-58-34-42-20-8-2-9-21-42/h2-31,33,49-56H,32,34-41H2,1H3/t49-,50+,51+,52+,53+,54-,55+,56-/m0/s1. The molecule has 0 N–H and O–H groups in total. The lowest BCUT2D eigenvalue weighted by Gasteiger charge is -2.47. The number of rotatable bonds is 23. The minimum Gasteiger partial charge on any atom is -0.490 e. The molecule has 6 aromatic rings. The molecule has 2 aliphatic rings. The summed E-state index contributed by atoms with van der Waals surface area (Å²) in [6, 6.07) is 61.0. The summed E-state index contributed by atoms with van der Waals surface area (Å²) in [5.74, 6) is 0.337. The lowest BCUT2D eigenvalue weighted by Crippen LogP contribution is -2.58. The molecule has 0 unspecified atom stereocenters. The third-order valence-electron chi connectivity index (χ3n) is 11.7. The Morgan fingerprint density at radius 3 is 1.20 bits per heavy atom. The molecule has 9 heteroatoms. The first-order valence-electron chi connectivity index (χ1n) is 22.6. The topological polar surface area (TPSA) is 83.1 Å². The van der Waals surface area contributed by atoms with Crippen molar-refractivity contribution in [2.24, 2.45) is 5.92 Å². The van der Waals surface area contributed by atoms with E-state index in [1.54, 1.807) is 7.11 Å². The van der Waals surface area contributed by atoms with Crippen LogP contribution in [0.2, 0.25) is 0 Å². The first-order valence-corrected chi connectivity index (χ1v) is 22.6. The van der Waals surface area contributed by atoms with Crippen molar-refractivity contribution in [1.29, 1.82) is 0 Å². The first-order chi connectivity index (χ1) is 32.2. The Morgan fingerprint density at radius 1 is 0.400 bits per heavy atom. The molecule has 65 heavy (non-hydrogen) atoms. The molecule has 0 aliphatic carbocycles. The zero-order valence-corrected chi connectivity index (χ0v) is 37.1. The lowest BCUT2D eigenvalue weighted by atomic mass is 9.86. The molecule has 1 saturated heterocycles. The maximum absolute atomic E-state index is 7.03. The third kappa shape index (κ3) is 13.8. The molecule has 1 fully saturated rings. The predicted molar refractivity (Wildman–Crippen MR) is 249 cm³/mol. The summed E-state index contributed by atoms with van der Waals surface area (Å²) in [6.45, 7) is 2.86. The largest absolute Gasteiger partial charge is 0.490 e. The third-order valence-corrected chi connectivity index (χ3v) is 11.7. The molecule has 6 aromatic carbocycles. The van der Waals surface area contributed by atoms with Crippen molar-refractivity contribution >= 4 is 0 Å². The average Bonchev–Trinajstić information content (AvgIpc) is 3.36. The van der Waals surface area contributed by atoms with Crippen LogP contribution in [-0.4, -0.2) is 63.2 Å². The Kier molecular flexibility index (Phi) is 17.5. The first kappa shape index (κ1) is 46.1. The van der Waals surface area contributed by atoms with Gasteiger partial charge in [0.25, 0.3) is 0 Å². The van der Waals surface area contributed by atoms with Crippen LogP contribution in [0.5, 0.6) is 0 Å². The second-order valence-corrected chi connectivity index (χ2v) is 16.5. The van der Waals surface area contributed by atoms with Crippen molar-refractivity contribution in [3.63, 3.8) is 0 Å². The van der Waals surface area contributed by atoms with Gasteiger partial charge in [-0.25, -0.2) is 0 Å². The van der Waals surface area contributed by atoms with E-state index in [1.807, 2.05) is 109 Å². The van der Waals surface area contributed by atoms with Crippen molar-refractivity contribution in [3.8, 4) is 0 Å². The summed E-state index contributed by atoms with van der Waals surface area (Å²) >= 11 is 0. The van der Waals surface area contributed by atoms with Crippen molar-refractivity contribution in [3.05, 3.63) is 227 Å². The van der Waals surface area contributed by atoms with Gasteiger partial charge in [-0.2, -0.15) is 0 Å². The summed E-state index contributed by atoms with van der Waals surface area (Å²) in [5, 5.41) is 0. The predicted octanol–water partition coefficient (Wildman–Crippen LogP) is 10.4. The Balaban J connectivity index is 1.11. The van der Waals surface area contributed by atoms with E-state index in [1.165, 1.54) is 0 Å². The maximum atomic E-state index is 7.03. The molecule has 0 radical (unpaired) electrons. The highest BCUT2D eigenvalue weighted by Crippen LogP contribution is 2.39. The number of hydrogen-bond acceptors (Lipinski definition) is 9. The lowest BCUT2D eigenvalue weighted by molar-refractivity contribution is -0.300. The van der Waals surface area contributed by atoms with Crippen molar-refractivity contribution in [2.75, 3.05) is 20.3 Å². The monoisotopic (exact) mass is 876 g/mol. The molecular formula is C56H60O9. The molecule has 338 valence electrons. The second-order valence-electron chi connectivity index (χ2n) is 16.5. The highest BCUT2D eigenvalue weighted by Gasteiger charge is 2.49. The van der Waals surface area contributed by atoms with Crippen LogP contribution < -0.4 is 0 Å². The summed E-state index contributed by atoms with van der Waals surface area (Å²) in [5.41, 5.74) is 6.34. The van der Waals surface area contributed by atoms with Crippen LogP contribution in [-0.2, 0) is 82.3 Å². The fraction of sp³-hybridized carbons (Fsp3) is 0.321. The molecule has 2 aliphatic heterocycles. The maximum Gasteiger partial charge on any atom is 0.163 e. The number of allylic oxidation sites excluding steroid dienone is 1. The molecule has 8 rings (SSSR count). The van der Waals surface area contributed by atoms with Crippen molar-refractivity contribution < 1.29 is 42.6 Å². The molecule has 0 amide bonds. The number of ether oxygens (including phenoxy) is 9. The SMILES string of the molecule is CO[C@H]1O[C@H](COCc2ccccc2)[C@@H](OCc2ccccc2)[C@H](OCc2ccccc2)[C@@H]1CC1=C[C@@H](OCc2ccccc2)[C@H](OCc2ccccc2)[C@@H](COCc2ccccc2)O1. The van der Waals surface area contributed by atoms with E-state index in [9.17, 15) is 0 Å². The highest BCUT2D eigenvalue weighted by atomic mass is 16.7. The quantitative estimate of drug-likeness (QED) is 0.0625. The fourth-order valence-corrected chi connectivity index (χ4v) is 8.37. The molecule has 2 heterocycles. The van der Waals surface area contributed by atoms with Gasteiger partial charge in [0.1, 0.15) is 24.4 Å². The zero-order chi connectivity index (χ0) is 44.3. The second kappa shape index (κ2) is 24.7. The Labute approximate surface area is 383 Å². The number of benzene rings is 6. The Morgan fingerprint density at radius 2 is 0.769 bits per heavy atom. The van der Waals surface area contributed by atoms with Gasteiger partial charge in [0.15, 0.2) is 12.4 Å². The summed E-state index contributed by atoms with van der Waals surface area (Å²) in [6.07, 6.45) is -1.27. The van der Waals surface area contributed by atoms with E-state index in [2.05, 4.69) is 78.9 Å². The minimum absolute atomic E-state index is 0.266. The summed E-state index contributed by atoms with van der Waals surface area (Å²) in [4.78, 5) is 0. The summed E-state index contributed by atoms with van der Waals surface area (Å²) < 4.78 is 60.4. The normalized spacial score (nSPS) is 23.1. The smallest absolute Gasteiger partial charge is 0.163 e. The zero-order valence-electron chi connectivity index (χ0n) is 37.1. The van der Waals surface area contributed by atoms with Crippen LogP contribution in [0.1, 0.15) is 39.8 Å². The molecule has 0 aromatic heterocycles. The Hall–Kier alpha value is -5.46. The van der Waals surface area contributed by atoms with E-state index in [4.69, 9.17) is 42.6 Å². The van der Waals surface area contributed by atoms with E-state index in [0.717, 1.165) is 33.4 Å². The van der Waals surface area contributed by atoms with Gasteiger partial charge in [-0.1, -0.05) is 182 Å². The van der Waals surface area contributed by atoms with Gasteiger partial charge >= 0.3 is 0 Å². The van der Waals surface area contributed by atoms with Gasteiger partial charge < -0.3 is 42.6 Å². The van der Waals surface area contributed by atoms with Gasteiger partial charge in [0.05, 0.1) is 64.7 Å². The highest BCUT2D eigenvalue weighted by molar-refractivity contribution is 5.19. The van der Waals surface area contributed by atoms with Crippen LogP contribution in [0.15, 0.2) is 194 Å². The van der Waals surface area contributed by atoms with E-state index in [0.29, 0.717) is 51.8 Å². The van der Waals surface area contributed by atoms with Gasteiger partial charge in [-0.05, 0) is 39.5 Å². The molecule has 8 atom stereocenters. The van der Waals surface area contributed by atoms with Crippen molar-refractivity contribution in [2.45, 2.75) is 89.0 Å². The molecule has 9 nitrogen and oxygen atoms in total. The van der Waals surface area contributed by atoms with Crippen LogP contribution in [0.25, 0.3) is 0 Å². The van der Waals surface area contributed by atoms with E-state index >= 15 is 0 Å². The summed E-state index contributed by atoms with van der Waals surface area (Å²) in [7, 11) is 1.68.